The molecule has 0 fully saturated rings. The van der Waals surface area contributed by atoms with Crippen molar-refractivity contribution < 1.29 is 18.7 Å². The molecule has 0 aliphatic heterocycles. The van der Waals surface area contributed by atoms with Gasteiger partial charge in [0.1, 0.15) is 0 Å². The van der Waals surface area contributed by atoms with E-state index in [-0.39, 0.29) is 10.9 Å². The van der Waals surface area contributed by atoms with Gasteiger partial charge in [-0.3, -0.25) is 4.79 Å². The van der Waals surface area contributed by atoms with E-state index in [1.54, 1.807) is 18.2 Å². The molecule has 1 aromatic carbocycles. The lowest BCUT2D eigenvalue weighted by Crippen LogP contribution is -2.09. The highest BCUT2D eigenvalue weighted by Crippen LogP contribution is 2.29. The van der Waals surface area contributed by atoms with Gasteiger partial charge >= 0.3 is 5.97 Å². The Kier molecular flexibility index (Phi) is 4.26. The Bertz CT molecular complexity index is 618. The molecule has 4 nitrogen and oxygen atoms in total. The summed E-state index contributed by atoms with van der Waals surface area (Å²) in [6.45, 7) is -0.567. The molecule has 102 valence electrons. The number of alkyl halides is 2. The number of aromatic nitrogens is 2. The second-order valence-electron chi connectivity index (χ2n) is 3.69. The lowest BCUT2D eigenvalue weighted by molar-refractivity contribution is -0.133. The lowest BCUT2D eigenvalue weighted by atomic mass is 10.3. The van der Waals surface area contributed by atoms with Crippen molar-refractivity contribution in [1.82, 2.24) is 9.55 Å². The van der Waals surface area contributed by atoms with Crippen molar-refractivity contribution in [2.24, 2.45) is 0 Å². The van der Waals surface area contributed by atoms with Gasteiger partial charge in [-0.25, -0.2) is 13.8 Å². The third-order valence-electron chi connectivity index (χ3n) is 2.33. The van der Waals surface area contributed by atoms with Crippen LogP contribution in [0, 0.1) is 0 Å². The van der Waals surface area contributed by atoms with Crippen LogP contribution >= 0.6 is 23.4 Å². The number of hydrogen-bond acceptors (Lipinski definition) is 3. The number of benzene rings is 1. The maximum Gasteiger partial charge on any atom is 0.313 e. The fourth-order valence-corrected chi connectivity index (χ4v) is 2.67. The molecular weight excluding hydrogens is 298 g/mol. The van der Waals surface area contributed by atoms with Gasteiger partial charge < -0.3 is 9.67 Å². The fraction of sp³-hybridized carbons (Fsp3) is 0.273. The van der Waals surface area contributed by atoms with Crippen LogP contribution in [0.25, 0.3) is 11.0 Å². The van der Waals surface area contributed by atoms with Gasteiger partial charge in [0.15, 0.2) is 5.16 Å². The number of nitrogens with zero attached hydrogens (tertiary/aromatic N) is 2. The maximum atomic E-state index is 12.6. The molecule has 0 bridgehead atoms. The van der Waals surface area contributed by atoms with Crippen LogP contribution in [-0.4, -0.2) is 32.8 Å². The van der Waals surface area contributed by atoms with E-state index in [0.717, 1.165) is 11.8 Å². The van der Waals surface area contributed by atoms with Crippen molar-refractivity contribution in [3.05, 3.63) is 23.2 Å². The van der Waals surface area contributed by atoms with Gasteiger partial charge in [0, 0.05) is 0 Å². The van der Waals surface area contributed by atoms with Crippen LogP contribution in [0.4, 0.5) is 8.78 Å². The summed E-state index contributed by atoms with van der Waals surface area (Å²) < 4.78 is 26.5. The monoisotopic (exact) mass is 306 g/mol. The Balaban J connectivity index is 2.49. The summed E-state index contributed by atoms with van der Waals surface area (Å²) in [5.74, 6) is -1.28. The minimum absolute atomic E-state index is 0.228. The first-order chi connectivity index (χ1) is 8.99. The molecule has 2 rings (SSSR count). The van der Waals surface area contributed by atoms with Crippen molar-refractivity contribution in [3.8, 4) is 0 Å². The normalized spacial score (nSPS) is 11.4. The van der Waals surface area contributed by atoms with E-state index in [1.807, 2.05) is 0 Å². The first-order valence-corrected chi connectivity index (χ1v) is 6.63. The number of carboxylic acid groups (broad SMARTS) is 1. The first kappa shape index (κ1) is 14.1. The number of imidazole rings is 1. The van der Waals surface area contributed by atoms with Crippen LogP contribution in [0.3, 0.4) is 0 Å². The molecular formula is C11H9ClF2N2O2S. The molecule has 0 saturated carbocycles. The highest BCUT2D eigenvalue weighted by Gasteiger charge is 2.17. The van der Waals surface area contributed by atoms with Crippen LogP contribution in [0.1, 0.15) is 0 Å². The highest BCUT2D eigenvalue weighted by atomic mass is 35.5. The zero-order chi connectivity index (χ0) is 14.0. The number of carbonyl (C=O) groups is 1. The van der Waals surface area contributed by atoms with Crippen LogP contribution in [0.15, 0.2) is 23.4 Å². The largest absolute Gasteiger partial charge is 0.481 e. The van der Waals surface area contributed by atoms with Gasteiger partial charge in [0.2, 0.25) is 0 Å². The molecule has 2 aromatic rings. The summed E-state index contributed by atoms with van der Waals surface area (Å²) in [4.78, 5) is 14.7. The highest BCUT2D eigenvalue weighted by molar-refractivity contribution is 7.99. The predicted molar refractivity (Wildman–Crippen MR) is 69.1 cm³/mol. The van der Waals surface area contributed by atoms with Crippen molar-refractivity contribution in [2.75, 3.05) is 5.75 Å². The number of thioether (sulfide) groups is 1. The summed E-state index contributed by atoms with van der Waals surface area (Å²) in [6, 6.07) is 4.89. The topological polar surface area (TPSA) is 55.1 Å². The number of rotatable bonds is 5. The van der Waals surface area contributed by atoms with Crippen LogP contribution in [-0.2, 0) is 11.3 Å². The third kappa shape index (κ3) is 3.16. The molecule has 19 heavy (non-hydrogen) atoms. The molecule has 1 heterocycles. The van der Waals surface area contributed by atoms with E-state index in [2.05, 4.69) is 4.98 Å². The van der Waals surface area contributed by atoms with E-state index in [4.69, 9.17) is 16.7 Å². The molecule has 8 heteroatoms. The molecule has 1 N–H and O–H groups in total. The average Bonchev–Trinajstić information content (AvgIpc) is 2.65. The molecule has 0 spiro atoms. The number of aliphatic carboxylic acids is 1. The summed E-state index contributed by atoms with van der Waals surface area (Å²) in [5, 5.41) is 9.19. The Labute approximate surface area is 116 Å². The Morgan fingerprint density at radius 2 is 2.26 bits per heavy atom. The Hall–Kier alpha value is -1.34. The molecule has 0 aliphatic rings. The Morgan fingerprint density at radius 3 is 2.89 bits per heavy atom. The molecule has 0 atom stereocenters. The maximum absolute atomic E-state index is 12.6. The lowest BCUT2D eigenvalue weighted by Gasteiger charge is -2.08. The van der Waals surface area contributed by atoms with Crippen LogP contribution in [0.2, 0.25) is 5.02 Å². The van der Waals surface area contributed by atoms with Gasteiger partial charge in [-0.05, 0) is 12.1 Å². The second kappa shape index (κ2) is 5.75. The van der Waals surface area contributed by atoms with Gasteiger partial charge in [0.05, 0.1) is 28.4 Å². The van der Waals surface area contributed by atoms with E-state index in [0.29, 0.717) is 16.1 Å². The molecule has 0 radical (unpaired) electrons. The van der Waals surface area contributed by atoms with Crippen molar-refractivity contribution in [3.63, 3.8) is 0 Å². The minimum Gasteiger partial charge on any atom is -0.481 e. The zero-order valence-electron chi connectivity index (χ0n) is 9.52. The summed E-state index contributed by atoms with van der Waals surface area (Å²) in [7, 11) is 0. The molecule has 1 aromatic heterocycles. The number of fused-ring (bicyclic) bond motifs is 1. The van der Waals surface area contributed by atoms with Crippen molar-refractivity contribution >= 4 is 40.4 Å². The summed E-state index contributed by atoms with van der Waals surface area (Å²) in [6.07, 6.45) is -2.57. The molecule has 0 amide bonds. The van der Waals surface area contributed by atoms with Crippen molar-refractivity contribution in [1.29, 1.82) is 0 Å². The average molecular weight is 307 g/mol. The van der Waals surface area contributed by atoms with Crippen molar-refractivity contribution in [2.45, 2.75) is 18.1 Å². The van der Waals surface area contributed by atoms with Crippen LogP contribution < -0.4 is 0 Å². The third-order valence-corrected chi connectivity index (χ3v) is 3.59. The van der Waals surface area contributed by atoms with E-state index in [1.165, 1.54) is 4.57 Å². The quantitative estimate of drug-likeness (QED) is 0.862. The van der Waals surface area contributed by atoms with E-state index in [9.17, 15) is 13.6 Å². The molecule has 0 saturated heterocycles. The zero-order valence-corrected chi connectivity index (χ0v) is 11.1. The number of halogens is 3. The smallest absolute Gasteiger partial charge is 0.313 e. The molecule has 0 aliphatic carbocycles. The number of para-hydroxylation sites is 1. The van der Waals surface area contributed by atoms with E-state index >= 15 is 0 Å². The first-order valence-electron chi connectivity index (χ1n) is 5.26. The number of carboxylic acids is 1. The van der Waals surface area contributed by atoms with Gasteiger partial charge in [0.25, 0.3) is 6.43 Å². The standard InChI is InChI=1S/C11H9ClF2N2O2S/c12-6-2-1-3-7-10(6)16(4-8(13)14)11(15-7)19-5-9(17)18/h1-3,8H,4-5H2,(H,17,18). The SMILES string of the molecule is O=C(O)CSc1nc2cccc(Cl)c2n1CC(F)F. The van der Waals surface area contributed by atoms with E-state index < -0.39 is 18.9 Å². The second-order valence-corrected chi connectivity index (χ2v) is 5.04. The minimum atomic E-state index is -2.57. The summed E-state index contributed by atoms with van der Waals surface area (Å²) >= 11 is 6.88. The Morgan fingerprint density at radius 1 is 1.53 bits per heavy atom. The van der Waals surface area contributed by atoms with Gasteiger partial charge in [-0.1, -0.05) is 29.4 Å². The van der Waals surface area contributed by atoms with Gasteiger partial charge in [-0.2, -0.15) is 0 Å². The fourth-order valence-electron chi connectivity index (χ4n) is 1.66. The van der Waals surface area contributed by atoms with Crippen LogP contribution in [0.5, 0.6) is 0 Å². The number of hydrogen-bond donors (Lipinski definition) is 1. The predicted octanol–water partition coefficient (Wildman–Crippen LogP) is 3.13. The summed E-state index contributed by atoms with van der Waals surface area (Å²) in [5.41, 5.74) is 0.874. The van der Waals surface area contributed by atoms with Gasteiger partial charge in [-0.15, -0.1) is 0 Å². The molecule has 0 unspecified atom stereocenters.